The van der Waals surface area contributed by atoms with Gasteiger partial charge in [-0.25, -0.2) is 0 Å². The Hall–Kier alpha value is 0.270. The topological polar surface area (TPSA) is 64.5 Å². The zero-order chi connectivity index (χ0) is 6.41. The third-order valence-electron chi connectivity index (χ3n) is 0.554. The Morgan fingerprint density at radius 3 is 2.50 bits per heavy atom. The second-order valence-electron chi connectivity index (χ2n) is 1.33. The molecule has 5 heteroatoms. The highest BCUT2D eigenvalue weighted by Gasteiger charge is 1.91. The number of hydrazine groups is 1. The van der Waals surface area contributed by atoms with Crippen molar-refractivity contribution in [2.24, 2.45) is 0 Å². The van der Waals surface area contributed by atoms with Crippen molar-refractivity contribution in [3.8, 4) is 0 Å². The maximum atomic E-state index is 8.23. The van der Waals surface area contributed by atoms with E-state index in [4.69, 9.17) is 9.79 Å². The number of hydrogen-bond donors (Lipinski definition) is 4. The van der Waals surface area contributed by atoms with Crippen molar-refractivity contribution in [3.63, 3.8) is 0 Å². The molecule has 0 radical (unpaired) electrons. The second-order valence-corrected chi connectivity index (χ2v) is 2.13. The fourth-order valence-corrected chi connectivity index (χ4v) is 0.505. The molecule has 0 aromatic carbocycles. The monoisotopic (exact) mass is 138 g/mol. The first-order valence-corrected chi connectivity index (χ1v) is 3.68. The maximum Gasteiger partial charge on any atom is 0.264 e. The molecule has 0 aromatic heterocycles. The Bertz CT molecular complexity index is 52.5. The van der Waals surface area contributed by atoms with Gasteiger partial charge in [0, 0.05) is 6.54 Å². The predicted octanol–water partition coefficient (Wildman–Crippen LogP) is -0.298. The van der Waals surface area contributed by atoms with Crippen molar-refractivity contribution in [2.75, 3.05) is 6.54 Å². The maximum absolute atomic E-state index is 8.23. The molecular weight excluding hydrogens is 127 g/mol. The van der Waals surface area contributed by atoms with Gasteiger partial charge in [-0.05, 0) is 6.42 Å². The van der Waals surface area contributed by atoms with Crippen molar-refractivity contribution < 1.29 is 9.79 Å². The minimum absolute atomic E-state index is 0.750. The molecule has 0 heterocycles. The van der Waals surface area contributed by atoms with E-state index in [0.717, 1.165) is 13.0 Å². The largest absolute Gasteiger partial charge is 0.337 e. The molecule has 0 aromatic rings. The Balaban J connectivity index is 2.72. The zero-order valence-corrected chi connectivity index (χ0v) is 5.65. The first kappa shape index (κ1) is 8.27. The SMILES string of the molecule is CCCNNP(O)O. The van der Waals surface area contributed by atoms with Crippen LogP contribution in [0.1, 0.15) is 13.3 Å². The summed E-state index contributed by atoms with van der Waals surface area (Å²) in [6, 6.07) is 0. The standard InChI is InChI=1S/C3H11N2O2P/c1-2-3-4-5-8(6)7/h4-7H,2-3H2,1H3. The third-order valence-corrected chi connectivity index (χ3v) is 0.912. The van der Waals surface area contributed by atoms with Crippen LogP contribution in [-0.2, 0) is 0 Å². The van der Waals surface area contributed by atoms with Gasteiger partial charge < -0.3 is 9.79 Å². The average molecular weight is 138 g/mol. The Morgan fingerprint density at radius 2 is 2.12 bits per heavy atom. The molecule has 8 heavy (non-hydrogen) atoms. The van der Waals surface area contributed by atoms with Crippen molar-refractivity contribution in [2.45, 2.75) is 13.3 Å². The first-order chi connectivity index (χ1) is 3.77. The van der Waals surface area contributed by atoms with Crippen LogP contribution >= 0.6 is 8.53 Å². The molecule has 0 aliphatic rings. The van der Waals surface area contributed by atoms with Crippen LogP contribution in [0.2, 0.25) is 0 Å². The molecule has 0 fully saturated rings. The first-order valence-electron chi connectivity index (χ1n) is 2.43. The molecule has 0 aliphatic carbocycles. The molecule has 0 unspecified atom stereocenters. The van der Waals surface area contributed by atoms with Gasteiger partial charge in [0.1, 0.15) is 0 Å². The van der Waals surface area contributed by atoms with Crippen molar-refractivity contribution >= 4 is 8.53 Å². The lowest BCUT2D eigenvalue weighted by Crippen LogP contribution is -2.27. The number of hydrogen-bond acceptors (Lipinski definition) is 4. The number of rotatable bonds is 4. The molecule has 4 nitrogen and oxygen atoms in total. The Labute approximate surface area is 49.9 Å². The second kappa shape index (κ2) is 5.41. The van der Waals surface area contributed by atoms with Gasteiger partial charge in [-0.3, -0.25) is 5.43 Å². The van der Waals surface area contributed by atoms with Crippen LogP contribution in [0.5, 0.6) is 0 Å². The molecule has 0 amide bonds. The van der Waals surface area contributed by atoms with E-state index in [-0.39, 0.29) is 0 Å². The van der Waals surface area contributed by atoms with E-state index in [1.807, 2.05) is 6.92 Å². The van der Waals surface area contributed by atoms with E-state index in [1.54, 1.807) is 0 Å². The van der Waals surface area contributed by atoms with E-state index in [1.165, 1.54) is 0 Å². The molecule has 0 spiro atoms. The third kappa shape index (κ3) is 6.27. The quantitative estimate of drug-likeness (QED) is 0.245. The molecule has 0 aliphatic heterocycles. The average Bonchev–Trinajstić information content (AvgIpc) is 1.66. The minimum atomic E-state index is -1.97. The molecule has 0 rings (SSSR count). The van der Waals surface area contributed by atoms with Crippen LogP contribution in [0.15, 0.2) is 0 Å². The van der Waals surface area contributed by atoms with Crippen LogP contribution in [0.4, 0.5) is 0 Å². The molecule has 0 saturated carbocycles. The van der Waals surface area contributed by atoms with E-state index in [2.05, 4.69) is 10.6 Å². The van der Waals surface area contributed by atoms with Gasteiger partial charge in [0.25, 0.3) is 8.53 Å². The molecule has 0 saturated heterocycles. The van der Waals surface area contributed by atoms with Gasteiger partial charge in [0.05, 0.1) is 0 Å². The summed E-state index contributed by atoms with van der Waals surface area (Å²) in [5.74, 6) is 0. The van der Waals surface area contributed by atoms with E-state index < -0.39 is 8.53 Å². The summed E-state index contributed by atoms with van der Waals surface area (Å²) in [5, 5.41) is 2.27. The van der Waals surface area contributed by atoms with Crippen LogP contribution in [-0.4, -0.2) is 16.3 Å². The zero-order valence-electron chi connectivity index (χ0n) is 4.76. The lowest BCUT2D eigenvalue weighted by atomic mass is 10.5. The summed E-state index contributed by atoms with van der Waals surface area (Å²) in [4.78, 5) is 16.5. The smallest absolute Gasteiger partial charge is 0.264 e. The van der Waals surface area contributed by atoms with Gasteiger partial charge >= 0.3 is 0 Å². The predicted molar refractivity (Wildman–Crippen MR) is 32.8 cm³/mol. The molecule has 50 valence electrons. The molecule has 0 atom stereocenters. The fraction of sp³-hybridized carbons (Fsp3) is 1.00. The van der Waals surface area contributed by atoms with Crippen LogP contribution < -0.4 is 10.6 Å². The minimum Gasteiger partial charge on any atom is -0.337 e. The summed E-state index contributed by atoms with van der Waals surface area (Å²) in [5.41, 5.74) is 2.61. The van der Waals surface area contributed by atoms with Crippen molar-refractivity contribution in [1.29, 1.82) is 0 Å². The van der Waals surface area contributed by atoms with Crippen LogP contribution in [0.3, 0.4) is 0 Å². The Morgan fingerprint density at radius 1 is 1.50 bits per heavy atom. The van der Waals surface area contributed by atoms with Gasteiger partial charge in [-0.1, -0.05) is 6.92 Å². The summed E-state index contributed by atoms with van der Waals surface area (Å²) >= 11 is 0. The molecule has 0 bridgehead atoms. The summed E-state index contributed by atoms with van der Waals surface area (Å²) < 4.78 is 0. The lowest BCUT2D eigenvalue weighted by Gasteiger charge is -2.03. The van der Waals surface area contributed by atoms with E-state index >= 15 is 0 Å². The fourth-order valence-electron chi connectivity index (χ4n) is 0.252. The summed E-state index contributed by atoms with van der Waals surface area (Å²) in [6.45, 7) is 2.74. The van der Waals surface area contributed by atoms with Crippen LogP contribution in [0, 0.1) is 0 Å². The lowest BCUT2D eigenvalue weighted by molar-refractivity contribution is 0.447. The molecule has 4 N–H and O–H groups in total. The van der Waals surface area contributed by atoms with E-state index in [9.17, 15) is 0 Å². The van der Waals surface area contributed by atoms with E-state index in [0.29, 0.717) is 0 Å². The molecular formula is C3H11N2O2P. The van der Waals surface area contributed by atoms with Crippen molar-refractivity contribution in [1.82, 2.24) is 10.6 Å². The van der Waals surface area contributed by atoms with Crippen molar-refractivity contribution in [3.05, 3.63) is 0 Å². The summed E-state index contributed by atoms with van der Waals surface area (Å²) in [7, 11) is -1.97. The van der Waals surface area contributed by atoms with Gasteiger partial charge in [-0.15, -0.1) is 0 Å². The normalized spacial score (nSPS) is 10.5. The highest BCUT2D eigenvalue weighted by Crippen LogP contribution is 2.12. The highest BCUT2D eigenvalue weighted by molar-refractivity contribution is 7.42. The highest BCUT2D eigenvalue weighted by atomic mass is 31.2. The summed E-state index contributed by atoms with van der Waals surface area (Å²) in [6.07, 6.45) is 0.968. The van der Waals surface area contributed by atoms with Crippen LogP contribution in [0.25, 0.3) is 0 Å². The Kier molecular flexibility index (Phi) is 5.59. The van der Waals surface area contributed by atoms with Gasteiger partial charge in [0.15, 0.2) is 0 Å². The van der Waals surface area contributed by atoms with Gasteiger partial charge in [-0.2, -0.15) is 5.20 Å². The number of nitrogens with one attached hydrogen (secondary N) is 2. The van der Waals surface area contributed by atoms with Gasteiger partial charge in [0.2, 0.25) is 0 Å².